The van der Waals surface area contributed by atoms with Gasteiger partial charge in [0.25, 0.3) is 0 Å². The SMILES string of the molecule is CCN1c2ccc(C(=O)c3c4ccccc4cc4ccccc34)cc2C2C=C(/C(C)=N/OC(C)=O)C=CC21. The van der Waals surface area contributed by atoms with Crippen LogP contribution in [0, 0.1) is 0 Å². The number of allylic oxidation sites excluding steroid dienone is 2. The Kier molecular flexibility index (Phi) is 5.91. The molecule has 2 aliphatic rings. The first-order chi connectivity index (χ1) is 18.5. The molecule has 1 aliphatic carbocycles. The zero-order valence-electron chi connectivity index (χ0n) is 21.6. The number of hydrogen-bond acceptors (Lipinski definition) is 5. The van der Waals surface area contributed by atoms with Crippen LogP contribution in [0.1, 0.15) is 48.2 Å². The molecule has 5 heteroatoms. The van der Waals surface area contributed by atoms with E-state index in [1.165, 1.54) is 6.92 Å². The Bertz CT molecular complexity index is 1660. The number of hydrogen-bond donors (Lipinski definition) is 0. The molecule has 38 heavy (non-hydrogen) atoms. The molecule has 0 amide bonds. The molecular formula is C33H28N2O3. The van der Waals surface area contributed by atoms with Crippen LogP contribution < -0.4 is 4.90 Å². The van der Waals surface area contributed by atoms with Gasteiger partial charge in [-0.05, 0) is 70.8 Å². The molecule has 0 spiro atoms. The predicted molar refractivity (Wildman–Crippen MR) is 153 cm³/mol. The van der Waals surface area contributed by atoms with Gasteiger partial charge < -0.3 is 9.74 Å². The standard InChI is InChI=1S/C33H28N2O3/c1-4-35-30-15-13-22(20(2)34-38-21(3)36)18-28(30)29-19-25(14-16-31(29)35)33(37)32-26-11-7-5-9-23(26)17-24-10-6-8-12-27(24)32/h5-19,28,30H,4H2,1-3H3/b34-20+. The zero-order valence-corrected chi connectivity index (χ0v) is 21.6. The maximum atomic E-state index is 14.2. The first kappa shape index (κ1) is 23.9. The van der Waals surface area contributed by atoms with Crippen molar-refractivity contribution in [3.63, 3.8) is 0 Å². The molecule has 4 aromatic carbocycles. The maximum absolute atomic E-state index is 14.2. The fourth-order valence-corrected chi connectivity index (χ4v) is 5.84. The van der Waals surface area contributed by atoms with Gasteiger partial charge in [-0.3, -0.25) is 4.79 Å². The van der Waals surface area contributed by atoms with Crippen molar-refractivity contribution < 1.29 is 14.4 Å². The average Bonchev–Trinajstić information content (AvgIpc) is 3.26. The molecule has 1 aliphatic heterocycles. The van der Waals surface area contributed by atoms with Crippen LogP contribution in [0.3, 0.4) is 0 Å². The number of nitrogens with zero attached hydrogens (tertiary/aromatic N) is 2. The number of rotatable bonds is 5. The third-order valence-electron chi connectivity index (χ3n) is 7.59. The Balaban J connectivity index is 1.46. The van der Waals surface area contributed by atoms with Gasteiger partial charge in [0.05, 0.1) is 11.8 Å². The van der Waals surface area contributed by atoms with Crippen molar-refractivity contribution in [1.29, 1.82) is 0 Å². The van der Waals surface area contributed by atoms with Crippen molar-refractivity contribution in [2.75, 3.05) is 11.4 Å². The first-order valence-corrected chi connectivity index (χ1v) is 12.9. The second-order valence-corrected chi connectivity index (χ2v) is 9.84. The molecule has 0 fully saturated rings. The maximum Gasteiger partial charge on any atom is 0.331 e. The number of carbonyl (C=O) groups is 2. The summed E-state index contributed by atoms with van der Waals surface area (Å²) >= 11 is 0. The van der Waals surface area contributed by atoms with Gasteiger partial charge in [0.1, 0.15) is 0 Å². The molecule has 5 nitrogen and oxygen atoms in total. The Hall–Kier alpha value is -4.51. The Morgan fingerprint density at radius 1 is 0.921 bits per heavy atom. The summed E-state index contributed by atoms with van der Waals surface area (Å²) in [5, 5.41) is 8.02. The Morgan fingerprint density at radius 2 is 1.61 bits per heavy atom. The summed E-state index contributed by atoms with van der Waals surface area (Å²) in [6.45, 7) is 6.16. The zero-order chi connectivity index (χ0) is 26.4. The second-order valence-electron chi connectivity index (χ2n) is 9.84. The molecule has 1 heterocycles. The van der Waals surface area contributed by atoms with Crippen LogP contribution in [-0.2, 0) is 9.63 Å². The highest BCUT2D eigenvalue weighted by atomic mass is 16.7. The van der Waals surface area contributed by atoms with Gasteiger partial charge >= 0.3 is 5.97 Å². The van der Waals surface area contributed by atoms with E-state index < -0.39 is 5.97 Å². The fourth-order valence-electron chi connectivity index (χ4n) is 5.84. The number of benzene rings is 4. The summed E-state index contributed by atoms with van der Waals surface area (Å²) in [4.78, 5) is 32.7. The highest BCUT2D eigenvalue weighted by molar-refractivity contribution is 6.24. The van der Waals surface area contributed by atoms with E-state index in [2.05, 4.69) is 59.5 Å². The molecule has 0 aromatic heterocycles. The summed E-state index contributed by atoms with van der Waals surface area (Å²) < 4.78 is 0. The molecule has 0 radical (unpaired) electrons. The topological polar surface area (TPSA) is 59.0 Å². The summed E-state index contributed by atoms with van der Waals surface area (Å²) in [5.74, 6) is -0.366. The molecule has 6 rings (SSSR count). The number of anilines is 1. The van der Waals surface area contributed by atoms with Crippen LogP contribution in [0.15, 0.2) is 102 Å². The minimum Gasteiger partial charge on any atom is -0.364 e. The van der Waals surface area contributed by atoms with Crippen molar-refractivity contribution in [2.24, 2.45) is 5.16 Å². The van der Waals surface area contributed by atoms with Gasteiger partial charge in [-0.25, -0.2) is 4.79 Å². The van der Waals surface area contributed by atoms with Gasteiger partial charge in [0.15, 0.2) is 5.78 Å². The summed E-state index contributed by atoms with van der Waals surface area (Å²) in [6, 6.07) is 24.6. The fraction of sp³-hybridized carbons (Fsp3) is 0.182. The van der Waals surface area contributed by atoms with Crippen LogP contribution >= 0.6 is 0 Å². The molecule has 0 saturated heterocycles. The molecule has 0 bridgehead atoms. The normalized spacial score (nSPS) is 18.3. The van der Waals surface area contributed by atoms with Gasteiger partial charge in [-0.15, -0.1) is 0 Å². The van der Waals surface area contributed by atoms with Crippen molar-refractivity contribution in [1.82, 2.24) is 0 Å². The molecule has 0 saturated carbocycles. The third kappa shape index (κ3) is 3.91. The van der Waals surface area contributed by atoms with E-state index in [1.807, 2.05) is 55.5 Å². The van der Waals surface area contributed by atoms with E-state index in [0.717, 1.165) is 50.5 Å². The Morgan fingerprint density at radius 3 is 2.26 bits per heavy atom. The third-order valence-corrected chi connectivity index (χ3v) is 7.59. The van der Waals surface area contributed by atoms with E-state index in [-0.39, 0.29) is 17.7 Å². The molecule has 2 unspecified atom stereocenters. The van der Waals surface area contributed by atoms with Crippen LogP contribution in [0.5, 0.6) is 0 Å². The van der Waals surface area contributed by atoms with Gasteiger partial charge in [0.2, 0.25) is 0 Å². The van der Waals surface area contributed by atoms with E-state index in [0.29, 0.717) is 11.3 Å². The van der Waals surface area contributed by atoms with Crippen LogP contribution in [0.2, 0.25) is 0 Å². The predicted octanol–water partition coefficient (Wildman–Crippen LogP) is 6.95. The van der Waals surface area contributed by atoms with E-state index >= 15 is 0 Å². The lowest BCUT2D eigenvalue weighted by molar-refractivity contribution is -0.140. The van der Waals surface area contributed by atoms with Crippen LogP contribution in [0.4, 0.5) is 5.69 Å². The molecule has 4 aromatic rings. The smallest absolute Gasteiger partial charge is 0.331 e. The lowest BCUT2D eigenvalue weighted by Gasteiger charge is -2.28. The van der Waals surface area contributed by atoms with E-state index in [9.17, 15) is 9.59 Å². The van der Waals surface area contributed by atoms with Crippen molar-refractivity contribution in [2.45, 2.75) is 32.7 Å². The van der Waals surface area contributed by atoms with Crippen LogP contribution in [0.25, 0.3) is 21.5 Å². The van der Waals surface area contributed by atoms with Crippen LogP contribution in [-0.4, -0.2) is 30.1 Å². The molecular weight excluding hydrogens is 472 g/mol. The number of fused-ring (bicyclic) bond motifs is 5. The minimum absolute atomic E-state index is 0.0236. The number of oxime groups is 1. The van der Waals surface area contributed by atoms with Gasteiger partial charge in [-0.2, -0.15) is 0 Å². The highest BCUT2D eigenvalue weighted by Gasteiger charge is 2.37. The number of likely N-dealkylation sites (N-methyl/N-ethyl adjacent to an activating group) is 1. The molecule has 188 valence electrons. The summed E-state index contributed by atoms with van der Waals surface area (Å²) in [6.07, 6.45) is 6.38. The van der Waals surface area contributed by atoms with Gasteiger partial charge in [0, 0.05) is 36.2 Å². The first-order valence-electron chi connectivity index (χ1n) is 12.9. The summed E-state index contributed by atoms with van der Waals surface area (Å²) in [7, 11) is 0. The monoisotopic (exact) mass is 500 g/mol. The van der Waals surface area contributed by atoms with E-state index in [1.54, 1.807) is 0 Å². The summed E-state index contributed by atoms with van der Waals surface area (Å²) in [5.41, 5.74) is 5.23. The lowest BCUT2D eigenvalue weighted by atomic mass is 9.85. The number of ketones is 1. The van der Waals surface area contributed by atoms with Gasteiger partial charge in [-0.1, -0.05) is 71.9 Å². The molecule has 0 N–H and O–H groups in total. The number of carbonyl (C=O) groups excluding carboxylic acids is 2. The highest BCUT2D eigenvalue weighted by Crippen LogP contribution is 2.45. The minimum atomic E-state index is -0.449. The molecule has 2 atom stereocenters. The average molecular weight is 501 g/mol. The van der Waals surface area contributed by atoms with E-state index in [4.69, 9.17) is 4.84 Å². The second kappa shape index (κ2) is 9.42. The van der Waals surface area contributed by atoms with Crippen molar-refractivity contribution in [3.8, 4) is 0 Å². The Labute approximate surface area is 221 Å². The quantitative estimate of drug-likeness (QED) is 0.0978. The van der Waals surface area contributed by atoms with Crippen molar-refractivity contribution >= 4 is 44.7 Å². The van der Waals surface area contributed by atoms with Crippen molar-refractivity contribution in [3.05, 3.63) is 113 Å². The lowest BCUT2D eigenvalue weighted by Crippen LogP contribution is -2.33. The largest absolute Gasteiger partial charge is 0.364 e.